The van der Waals surface area contributed by atoms with E-state index in [9.17, 15) is 0 Å². The fraction of sp³-hybridized carbons (Fsp3) is 0.611. The number of hydrogen-bond donors (Lipinski definition) is 2. The van der Waals surface area contributed by atoms with Crippen molar-refractivity contribution in [2.45, 2.75) is 33.3 Å². The Balaban J connectivity index is 0.00000576. The molecule has 25 heavy (non-hydrogen) atoms. The zero-order valence-corrected chi connectivity index (χ0v) is 18.0. The van der Waals surface area contributed by atoms with Crippen molar-refractivity contribution in [3.63, 3.8) is 0 Å². The van der Waals surface area contributed by atoms with Crippen molar-refractivity contribution in [1.29, 1.82) is 0 Å². The quantitative estimate of drug-likeness (QED) is 0.228. The van der Waals surface area contributed by atoms with Gasteiger partial charge in [-0.25, -0.2) is 4.99 Å². The van der Waals surface area contributed by atoms with Crippen LogP contribution in [0, 0.1) is 0 Å². The van der Waals surface area contributed by atoms with Crippen LogP contribution in [0.25, 0.3) is 0 Å². The maximum atomic E-state index is 5.88. The van der Waals surface area contributed by atoms with Gasteiger partial charge in [0, 0.05) is 32.4 Å². The van der Waals surface area contributed by atoms with Crippen molar-refractivity contribution in [3.8, 4) is 11.5 Å². The fourth-order valence-electron chi connectivity index (χ4n) is 2.03. The van der Waals surface area contributed by atoms with E-state index >= 15 is 0 Å². The van der Waals surface area contributed by atoms with E-state index in [2.05, 4.69) is 15.6 Å². The molecule has 0 heterocycles. The lowest BCUT2D eigenvalue weighted by Crippen LogP contribution is -2.38. The first kappa shape index (κ1) is 23.8. The summed E-state index contributed by atoms with van der Waals surface area (Å²) in [7, 11) is 1.65. The number of benzene rings is 1. The lowest BCUT2D eigenvalue weighted by molar-refractivity contribution is 0.145. The summed E-state index contributed by atoms with van der Waals surface area (Å²) in [5.41, 5.74) is 0. The lowest BCUT2D eigenvalue weighted by atomic mass is 10.3. The van der Waals surface area contributed by atoms with Gasteiger partial charge in [0.05, 0.1) is 13.7 Å². The van der Waals surface area contributed by atoms with Gasteiger partial charge in [-0.1, -0.05) is 6.07 Å². The molecule has 0 aliphatic heterocycles. The molecule has 0 fully saturated rings. The number of aliphatic imine (C=N–C) groups is 1. The Kier molecular flexibility index (Phi) is 14.3. The molecule has 0 radical (unpaired) electrons. The van der Waals surface area contributed by atoms with Crippen LogP contribution in [0.4, 0.5) is 0 Å². The first-order valence-electron chi connectivity index (χ1n) is 8.60. The SMILES string of the molecule is CCNC(=NCC(C)Oc1cccc(OC)c1)NCCCOCC.I. The minimum Gasteiger partial charge on any atom is -0.497 e. The highest BCUT2D eigenvalue weighted by molar-refractivity contribution is 14.0. The summed E-state index contributed by atoms with van der Waals surface area (Å²) in [5.74, 6) is 2.37. The minimum atomic E-state index is -0.0315. The van der Waals surface area contributed by atoms with Gasteiger partial charge < -0.3 is 24.8 Å². The topological polar surface area (TPSA) is 64.1 Å². The van der Waals surface area contributed by atoms with Gasteiger partial charge >= 0.3 is 0 Å². The van der Waals surface area contributed by atoms with Crippen LogP contribution in [0.1, 0.15) is 27.2 Å². The molecule has 1 atom stereocenters. The highest BCUT2D eigenvalue weighted by atomic mass is 127. The fourth-order valence-corrected chi connectivity index (χ4v) is 2.03. The molecule has 0 amide bonds. The molecular formula is C18H32IN3O3. The zero-order valence-electron chi connectivity index (χ0n) is 15.7. The van der Waals surface area contributed by atoms with Crippen molar-refractivity contribution in [2.24, 2.45) is 4.99 Å². The molecule has 1 rings (SSSR count). The smallest absolute Gasteiger partial charge is 0.191 e. The van der Waals surface area contributed by atoms with Gasteiger partial charge in [0.15, 0.2) is 5.96 Å². The first-order valence-corrected chi connectivity index (χ1v) is 8.60. The molecule has 0 spiro atoms. The summed E-state index contributed by atoms with van der Waals surface area (Å²) >= 11 is 0. The molecule has 1 aromatic rings. The number of methoxy groups -OCH3 is 1. The van der Waals surface area contributed by atoms with Gasteiger partial charge in [0.25, 0.3) is 0 Å². The number of nitrogens with zero attached hydrogens (tertiary/aromatic N) is 1. The normalized spacial score (nSPS) is 12.1. The second-order valence-corrected chi connectivity index (χ2v) is 5.30. The number of rotatable bonds is 11. The number of hydrogen-bond acceptors (Lipinski definition) is 4. The largest absolute Gasteiger partial charge is 0.497 e. The summed E-state index contributed by atoms with van der Waals surface area (Å²) < 4.78 is 16.4. The van der Waals surface area contributed by atoms with E-state index in [-0.39, 0.29) is 30.1 Å². The minimum absolute atomic E-state index is 0. The summed E-state index contributed by atoms with van der Waals surface area (Å²) in [6, 6.07) is 7.59. The van der Waals surface area contributed by atoms with E-state index in [4.69, 9.17) is 14.2 Å². The zero-order chi connectivity index (χ0) is 17.6. The Hall–Kier alpha value is -1.22. The van der Waals surface area contributed by atoms with Gasteiger partial charge in [-0.05, 0) is 39.3 Å². The average molecular weight is 465 g/mol. The standard InChI is InChI=1S/C18H31N3O3.HI/c1-5-19-18(20-11-8-12-23-6-2)21-14-15(3)24-17-10-7-9-16(13-17)22-4;/h7,9-10,13,15H,5-6,8,11-12,14H2,1-4H3,(H2,19,20,21);1H. The predicted molar refractivity (Wildman–Crippen MR) is 114 cm³/mol. The molecular weight excluding hydrogens is 433 g/mol. The third-order valence-corrected chi connectivity index (χ3v) is 3.19. The van der Waals surface area contributed by atoms with Crippen LogP contribution in [0.3, 0.4) is 0 Å². The molecule has 6 nitrogen and oxygen atoms in total. The molecule has 2 N–H and O–H groups in total. The number of guanidine groups is 1. The maximum Gasteiger partial charge on any atom is 0.191 e. The van der Waals surface area contributed by atoms with E-state index in [0.717, 1.165) is 50.2 Å². The third-order valence-electron chi connectivity index (χ3n) is 3.19. The van der Waals surface area contributed by atoms with Gasteiger partial charge in [0.2, 0.25) is 0 Å². The molecule has 0 aromatic heterocycles. The van der Waals surface area contributed by atoms with E-state index in [1.807, 2.05) is 45.0 Å². The number of ether oxygens (including phenoxy) is 3. The summed E-state index contributed by atoms with van der Waals surface area (Å²) in [4.78, 5) is 4.57. The molecule has 0 saturated carbocycles. The molecule has 0 saturated heterocycles. The van der Waals surface area contributed by atoms with E-state index in [1.165, 1.54) is 0 Å². The highest BCUT2D eigenvalue weighted by Crippen LogP contribution is 2.19. The van der Waals surface area contributed by atoms with Crippen LogP contribution in [0.5, 0.6) is 11.5 Å². The van der Waals surface area contributed by atoms with Crippen LogP contribution >= 0.6 is 24.0 Å². The molecule has 0 aliphatic rings. The summed E-state index contributed by atoms with van der Waals surface area (Å²) in [6.07, 6.45) is 0.921. The van der Waals surface area contributed by atoms with Crippen LogP contribution in [0.15, 0.2) is 29.3 Å². The Morgan fingerprint density at radius 1 is 1.20 bits per heavy atom. The third kappa shape index (κ3) is 11.1. The van der Waals surface area contributed by atoms with Gasteiger partial charge in [0.1, 0.15) is 17.6 Å². The second kappa shape index (κ2) is 15.1. The Morgan fingerprint density at radius 3 is 2.64 bits per heavy atom. The first-order chi connectivity index (χ1) is 11.7. The van der Waals surface area contributed by atoms with Crippen molar-refractivity contribution < 1.29 is 14.2 Å². The Morgan fingerprint density at radius 2 is 1.96 bits per heavy atom. The number of halogens is 1. The molecule has 7 heteroatoms. The predicted octanol–water partition coefficient (Wildman–Crippen LogP) is 3.06. The van der Waals surface area contributed by atoms with E-state index in [0.29, 0.717) is 6.54 Å². The van der Waals surface area contributed by atoms with E-state index < -0.39 is 0 Å². The highest BCUT2D eigenvalue weighted by Gasteiger charge is 2.05. The lowest BCUT2D eigenvalue weighted by Gasteiger charge is -2.15. The Bertz CT molecular complexity index is 486. The van der Waals surface area contributed by atoms with Crippen molar-refractivity contribution in [3.05, 3.63) is 24.3 Å². The molecule has 1 unspecified atom stereocenters. The summed E-state index contributed by atoms with van der Waals surface area (Å²) in [5, 5.41) is 6.53. The van der Waals surface area contributed by atoms with Gasteiger partial charge in [-0.15, -0.1) is 24.0 Å². The molecule has 1 aromatic carbocycles. The monoisotopic (exact) mass is 465 g/mol. The molecule has 0 bridgehead atoms. The average Bonchev–Trinajstić information content (AvgIpc) is 2.59. The molecule has 0 aliphatic carbocycles. The van der Waals surface area contributed by atoms with Crippen LogP contribution in [-0.2, 0) is 4.74 Å². The van der Waals surface area contributed by atoms with Crippen LogP contribution < -0.4 is 20.1 Å². The van der Waals surface area contributed by atoms with Crippen molar-refractivity contribution in [1.82, 2.24) is 10.6 Å². The molecule has 144 valence electrons. The van der Waals surface area contributed by atoms with Crippen molar-refractivity contribution in [2.75, 3.05) is 40.0 Å². The van der Waals surface area contributed by atoms with Gasteiger partial charge in [-0.2, -0.15) is 0 Å². The van der Waals surface area contributed by atoms with Crippen LogP contribution in [0.2, 0.25) is 0 Å². The second-order valence-electron chi connectivity index (χ2n) is 5.30. The number of nitrogens with one attached hydrogen (secondary N) is 2. The van der Waals surface area contributed by atoms with Gasteiger partial charge in [-0.3, -0.25) is 0 Å². The van der Waals surface area contributed by atoms with E-state index in [1.54, 1.807) is 7.11 Å². The van der Waals surface area contributed by atoms with Crippen LogP contribution in [-0.4, -0.2) is 52.0 Å². The van der Waals surface area contributed by atoms with Crippen molar-refractivity contribution >= 4 is 29.9 Å². The Labute approximate surface area is 168 Å². The maximum absolute atomic E-state index is 5.88. The summed E-state index contributed by atoms with van der Waals surface area (Å²) in [6.45, 7) is 9.79.